The standard InChI is InChI=1S/C21H20ClN5O/c22-15-3-5-17(6-4-15)26-21(28)19-13-20(24-14-23-19)25-16-7-9-18(10-8-16)27-11-1-2-12-27/h3-10,13-14H,1-2,11-12H2,(H,26,28)(H,23,24,25). The maximum Gasteiger partial charge on any atom is 0.274 e. The lowest BCUT2D eigenvalue weighted by molar-refractivity contribution is 0.102. The van der Waals surface area contributed by atoms with Crippen molar-refractivity contribution in [3.8, 4) is 0 Å². The second-order valence-corrected chi connectivity index (χ2v) is 7.05. The largest absolute Gasteiger partial charge is 0.372 e. The Labute approximate surface area is 168 Å². The van der Waals surface area contributed by atoms with Crippen LogP contribution in [0.3, 0.4) is 0 Å². The molecule has 2 heterocycles. The van der Waals surface area contributed by atoms with Crippen LogP contribution in [-0.4, -0.2) is 29.0 Å². The van der Waals surface area contributed by atoms with Gasteiger partial charge in [0.25, 0.3) is 5.91 Å². The van der Waals surface area contributed by atoms with E-state index in [1.54, 1.807) is 30.3 Å². The van der Waals surface area contributed by atoms with E-state index in [2.05, 4.69) is 37.6 Å². The van der Waals surface area contributed by atoms with Gasteiger partial charge in [-0.15, -0.1) is 0 Å². The van der Waals surface area contributed by atoms with E-state index < -0.39 is 0 Å². The highest BCUT2D eigenvalue weighted by atomic mass is 35.5. The van der Waals surface area contributed by atoms with Gasteiger partial charge in [0.05, 0.1) is 0 Å². The molecule has 142 valence electrons. The summed E-state index contributed by atoms with van der Waals surface area (Å²) in [5.74, 6) is 0.252. The maximum absolute atomic E-state index is 12.4. The van der Waals surface area contributed by atoms with Crippen LogP contribution in [0.1, 0.15) is 23.3 Å². The van der Waals surface area contributed by atoms with Crippen molar-refractivity contribution < 1.29 is 4.79 Å². The molecule has 28 heavy (non-hydrogen) atoms. The fourth-order valence-electron chi connectivity index (χ4n) is 3.16. The third-order valence-corrected chi connectivity index (χ3v) is 4.86. The topological polar surface area (TPSA) is 70.2 Å². The van der Waals surface area contributed by atoms with Crippen LogP contribution in [0.15, 0.2) is 60.9 Å². The second-order valence-electron chi connectivity index (χ2n) is 6.62. The van der Waals surface area contributed by atoms with Gasteiger partial charge in [-0.25, -0.2) is 9.97 Å². The first-order valence-corrected chi connectivity index (χ1v) is 9.56. The molecule has 2 aromatic carbocycles. The lowest BCUT2D eigenvalue weighted by Crippen LogP contribution is -2.17. The van der Waals surface area contributed by atoms with Gasteiger partial charge in [0, 0.05) is 41.2 Å². The molecular formula is C21H20ClN5O. The van der Waals surface area contributed by atoms with Crippen molar-refractivity contribution in [2.24, 2.45) is 0 Å². The summed E-state index contributed by atoms with van der Waals surface area (Å²) in [6, 6.07) is 16.8. The average molecular weight is 394 g/mol. The lowest BCUT2D eigenvalue weighted by Gasteiger charge is -2.17. The van der Waals surface area contributed by atoms with Crippen LogP contribution in [0.5, 0.6) is 0 Å². The quantitative estimate of drug-likeness (QED) is 0.656. The Balaban J connectivity index is 1.43. The van der Waals surface area contributed by atoms with Gasteiger partial charge in [0.15, 0.2) is 0 Å². The number of hydrogen-bond donors (Lipinski definition) is 2. The molecular weight excluding hydrogens is 374 g/mol. The second kappa shape index (κ2) is 8.27. The van der Waals surface area contributed by atoms with Crippen molar-refractivity contribution in [3.63, 3.8) is 0 Å². The molecule has 1 aliphatic heterocycles. The number of nitrogens with one attached hydrogen (secondary N) is 2. The third kappa shape index (κ3) is 4.40. The van der Waals surface area contributed by atoms with Gasteiger partial charge >= 0.3 is 0 Å². The van der Waals surface area contributed by atoms with E-state index in [1.807, 2.05) is 12.1 Å². The van der Waals surface area contributed by atoms with Crippen LogP contribution in [0, 0.1) is 0 Å². The molecule has 1 saturated heterocycles. The molecule has 0 radical (unpaired) electrons. The van der Waals surface area contributed by atoms with Gasteiger partial charge in [-0.3, -0.25) is 4.79 Å². The molecule has 0 spiro atoms. The molecule has 3 aromatic rings. The predicted molar refractivity (Wildman–Crippen MR) is 113 cm³/mol. The first-order valence-electron chi connectivity index (χ1n) is 9.18. The zero-order valence-electron chi connectivity index (χ0n) is 15.2. The zero-order valence-corrected chi connectivity index (χ0v) is 16.0. The highest BCUT2D eigenvalue weighted by Crippen LogP contribution is 2.23. The molecule has 0 aliphatic carbocycles. The molecule has 0 unspecified atom stereocenters. The van der Waals surface area contributed by atoms with Gasteiger partial charge in [-0.05, 0) is 61.4 Å². The van der Waals surface area contributed by atoms with Crippen molar-refractivity contribution in [2.45, 2.75) is 12.8 Å². The Kier molecular flexibility index (Phi) is 5.39. The van der Waals surface area contributed by atoms with E-state index in [-0.39, 0.29) is 11.6 Å². The third-order valence-electron chi connectivity index (χ3n) is 4.61. The minimum absolute atomic E-state index is 0.279. The van der Waals surface area contributed by atoms with E-state index in [0.717, 1.165) is 18.8 Å². The molecule has 1 amide bonds. The summed E-state index contributed by atoms with van der Waals surface area (Å²) in [6.07, 6.45) is 3.88. The van der Waals surface area contributed by atoms with Crippen LogP contribution >= 0.6 is 11.6 Å². The SMILES string of the molecule is O=C(Nc1ccc(Cl)cc1)c1cc(Nc2ccc(N3CCCC3)cc2)ncn1. The number of nitrogens with zero attached hydrogens (tertiary/aromatic N) is 3. The Bertz CT molecular complexity index is 953. The summed E-state index contributed by atoms with van der Waals surface area (Å²) in [6.45, 7) is 2.23. The molecule has 2 N–H and O–H groups in total. The van der Waals surface area contributed by atoms with E-state index in [9.17, 15) is 4.79 Å². The maximum atomic E-state index is 12.4. The number of benzene rings is 2. The number of anilines is 4. The highest BCUT2D eigenvalue weighted by Gasteiger charge is 2.12. The van der Waals surface area contributed by atoms with Crippen molar-refractivity contribution in [3.05, 3.63) is 71.6 Å². The summed E-state index contributed by atoms with van der Waals surface area (Å²) in [7, 11) is 0. The van der Waals surface area contributed by atoms with E-state index in [1.165, 1.54) is 24.9 Å². The smallest absolute Gasteiger partial charge is 0.274 e. The number of aromatic nitrogens is 2. The summed E-state index contributed by atoms with van der Waals surface area (Å²) >= 11 is 5.87. The first kappa shape index (κ1) is 18.3. The Morgan fingerprint density at radius 1 is 0.929 bits per heavy atom. The van der Waals surface area contributed by atoms with Gasteiger partial charge in [0.1, 0.15) is 17.8 Å². The molecule has 1 aromatic heterocycles. The molecule has 7 heteroatoms. The number of rotatable bonds is 5. The number of carbonyl (C=O) groups is 1. The van der Waals surface area contributed by atoms with Crippen LogP contribution in [0.4, 0.5) is 22.9 Å². The predicted octanol–water partition coefficient (Wildman–Crippen LogP) is 4.73. The minimum Gasteiger partial charge on any atom is -0.372 e. The Morgan fingerprint density at radius 2 is 1.61 bits per heavy atom. The summed E-state index contributed by atoms with van der Waals surface area (Å²) in [5.41, 5.74) is 3.07. The van der Waals surface area contributed by atoms with Gasteiger partial charge in [0.2, 0.25) is 0 Å². The van der Waals surface area contributed by atoms with Crippen LogP contribution in [0.2, 0.25) is 5.02 Å². The fraction of sp³-hybridized carbons (Fsp3) is 0.190. The Morgan fingerprint density at radius 3 is 2.32 bits per heavy atom. The van der Waals surface area contributed by atoms with Crippen LogP contribution < -0.4 is 15.5 Å². The van der Waals surface area contributed by atoms with Crippen molar-refractivity contribution in [2.75, 3.05) is 28.6 Å². The van der Waals surface area contributed by atoms with Crippen LogP contribution in [0.25, 0.3) is 0 Å². The number of amides is 1. The summed E-state index contributed by atoms with van der Waals surface area (Å²) < 4.78 is 0. The molecule has 0 atom stereocenters. The molecule has 1 aliphatic rings. The number of halogens is 1. The van der Waals surface area contributed by atoms with Crippen molar-refractivity contribution in [1.29, 1.82) is 0 Å². The van der Waals surface area contributed by atoms with Crippen molar-refractivity contribution in [1.82, 2.24) is 9.97 Å². The van der Waals surface area contributed by atoms with Crippen LogP contribution in [-0.2, 0) is 0 Å². The zero-order chi connectivity index (χ0) is 19.3. The average Bonchev–Trinajstić information content (AvgIpc) is 3.25. The van der Waals surface area contributed by atoms with Gasteiger partial charge in [-0.2, -0.15) is 0 Å². The van der Waals surface area contributed by atoms with E-state index in [0.29, 0.717) is 16.5 Å². The summed E-state index contributed by atoms with van der Waals surface area (Å²) in [4.78, 5) is 23.1. The highest BCUT2D eigenvalue weighted by molar-refractivity contribution is 6.30. The molecule has 0 saturated carbocycles. The van der Waals surface area contributed by atoms with Crippen molar-refractivity contribution >= 4 is 40.4 Å². The number of hydrogen-bond acceptors (Lipinski definition) is 5. The van der Waals surface area contributed by atoms with E-state index >= 15 is 0 Å². The molecule has 0 bridgehead atoms. The lowest BCUT2D eigenvalue weighted by atomic mass is 10.2. The normalized spacial score (nSPS) is 13.4. The Hall–Kier alpha value is -3.12. The number of carbonyl (C=O) groups excluding carboxylic acids is 1. The van der Waals surface area contributed by atoms with Gasteiger partial charge in [-0.1, -0.05) is 11.6 Å². The molecule has 4 rings (SSSR count). The summed E-state index contributed by atoms with van der Waals surface area (Å²) in [5, 5.41) is 6.63. The first-order chi connectivity index (χ1) is 13.7. The monoisotopic (exact) mass is 393 g/mol. The minimum atomic E-state index is -0.308. The molecule has 6 nitrogen and oxygen atoms in total. The van der Waals surface area contributed by atoms with Gasteiger partial charge < -0.3 is 15.5 Å². The fourth-order valence-corrected chi connectivity index (χ4v) is 3.28. The van der Waals surface area contributed by atoms with E-state index in [4.69, 9.17) is 11.6 Å². The molecule has 1 fully saturated rings.